The van der Waals surface area contributed by atoms with Crippen LogP contribution in [0.15, 0.2) is 84.0 Å². The molecule has 0 unspecified atom stereocenters. The number of benzene rings is 2. The smallest absolute Gasteiger partial charge is 0.192 e. The Hall–Kier alpha value is -1.26. The fraction of sp³-hybridized carbons (Fsp3) is 0.704. The van der Waals surface area contributed by atoms with Gasteiger partial charge in [-0.25, -0.2) is 0 Å². The van der Waals surface area contributed by atoms with Crippen LogP contribution < -0.4 is 10.6 Å². The molecule has 4 atom stereocenters. The summed E-state index contributed by atoms with van der Waals surface area (Å²) in [5.41, 5.74) is 1.83. The second kappa shape index (κ2) is 20.0. The number of aliphatic hydroxyl groups is 1. The molecule has 6 rings (SSSR count). The molecule has 2 saturated heterocycles. The summed E-state index contributed by atoms with van der Waals surface area (Å²) in [6.07, 6.45) is 7.87. The third kappa shape index (κ3) is 12.7. The number of ether oxygens (including phenoxy) is 2. The van der Waals surface area contributed by atoms with Gasteiger partial charge < -0.3 is 36.8 Å². The van der Waals surface area contributed by atoms with Crippen molar-refractivity contribution in [3.8, 4) is 0 Å². The zero-order chi connectivity index (χ0) is 50.5. The first-order valence-corrected chi connectivity index (χ1v) is 38.7. The summed E-state index contributed by atoms with van der Waals surface area (Å²) >= 11 is 0. The molecular weight excluding hydrogens is 920 g/mol. The molecule has 8 nitrogen and oxygen atoms in total. The van der Waals surface area contributed by atoms with Crippen molar-refractivity contribution in [2.24, 2.45) is 0 Å². The lowest BCUT2D eigenvalue weighted by atomic mass is 9.81. The molecular formula is C54H93O8PSi4. The molecule has 0 radical (unpaired) electrons. The SMILES string of the molecule is CC(C)(C)[Si](C)(C)O[C@@H]1CC(=CCO)C[C@@H](O[Si](C)(C)C(C)(C)C)C12CO2.CC(C)(C)[Si](C)(C)O[C@@H]1CC(=CCP(=O)(c2ccccc2)c2ccccc2)C[C@@H](O[Si](C)(C)C(C)(C)C)C12CO2. The van der Waals surface area contributed by atoms with Crippen LogP contribution in [0.3, 0.4) is 0 Å². The van der Waals surface area contributed by atoms with Gasteiger partial charge in [0.05, 0.1) is 44.2 Å². The molecule has 0 bridgehead atoms. The van der Waals surface area contributed by atoms with Gasteiger partial charge >= 0.3 is 0 Å². The van der Waals surface area contributed by atoms with E-state index in [1.165, 1.54) is 11.1 Å². The summed E-state index contributed by atoms with van der Waals surface area (Å²) in [7, 11) is -10.9. The monoisotopic (exact) mass is 1010 g/mol. The lowest BCUT2D eigenvalue weighted by Crippen LogP contribution is -2.57. The molecule has 378 valence electrons. The predicted molar refractivity (Wildman–Crippen MR) is 292 cm³/mol. The molecule has 2 aromatic carbocycles. The van der Waals surface area contributed by atoms with Crippen LogP contribution in [-0.2, 0) is 31.7 Å². The van der Waals surface area contributed by atoms with Gasteiger partial charge in [0.1, 0.15) is 18.3 Å². The van der Waals surface area contributed by atoms with Gasteiger partial charge in [-0.3, -0.25) is 0 Å². The molecule has 1 N–H and O–H groups in total. The first kappa shape index (κ1) is 56.6. The third-order valence-electron chi connectivity index (χ3n) is 17.3. The minimum absolute atomic E-state index is 0.0136. The summed E-state index contributed by atoms with van der Waals surface area (Å²) in [6.45, 7) is 47.4. The molecule has 13 heteroatoms. The van der Waals surface area contributed by atoms with Crippen LogP contribution >= 0.6 is 7.14 Å². The summed E-state index contributed by atoms with van der Waals surface area (Å²) in [6, 6.07) is 19.9. The molecule has 2 aliphatic carbocycles. The average Bonchev–Trinajstić information content (AvgIpc) is 4.13. The van der Waals surface area contributed by atoms with Crippen molar-refractivity contribution in [1.29, 1.82) is 0 Å². The zero-order valence-electron chi connectivity index (χ0n) is 45.6. The largest absolute Gasteiger partial charge is 0.410 e. The minimum atomic E-state index is -2.85. The molecule has 2 aliphatic heterocycles. The molecule has 0 amide bonds. The van der Waals surface area contributed by atoms with Crippen LogP contribution in [0.4, 0.5) is 0 Å². The van der Waals surface area contributed by atoms with E-state index in [2.05, 4.69) is 142 Å². The van der Waals surface area contributed by atoms with Gasteiger partial charge in [-0.2, -0.15) is 0 Å². The molecule has 2 aromatic rings. The first-order chi connectivity index (χ1) is 30.5. The van der Waals surface area contributed by atoms with Gasteiger partial charge in [0.2, 0.25) is 0 Å². The Morgan fingerprint density at radius 1 is 0.522 bits per heavy atom. The molecule has 2 heterocycles. The summed E-state index contributed by atoms with van der Waals surface area (Å²) < 4.78 is 55.2. The maximum Gasteiger partial charge on any atom is 0.192 e. The Morgan fingerprint density at radius 3 is 1.00 bits per heavy atom. The number of rotatable bonds is 13. The second-order valence-electron chi connectivity index (χ2n) is 26.3. The molecule has 2 saturated carbocycles. The van der Waals surface area contributed by atoms with Crippen molar-refractivity contribution in [1.82, 2.24) is 0 Å². The highest BCUT2D eigenvalue weighted by Gasteiger charge is 2.65. The van der Waals surface area contributed by atoms with Crippen molar-refractivity contribution in [2.75, 3.05) is 26.0 Å². The van der Waals surface area contributed by atoms with Crippen LogP contribution in [0.5, 0.6) is 0 Å². The van der Waals surface area contributed by atoms with Crippen molar-refractivity contribution in [3.63, 3.8) is 0 Å². The van der Waals surface area contributed by atoms with E-state index in [1.807, 2.05) is 66.7 Å². The molecule has 4 aliphatic rings. The van der Waals surface area contributed by atoms with Crippen LogP contribution in [0.25, 0.3) is 0 Å². The Balaban J connectivity index is 0.000000271. The van der Waals surface area contributed by atoms with Gasteiger partial charge in [-0.15, -0.1) is 0 Å². The highest BCUT2D eigenvalue weighted by atomic mass is 31.2. The third-order valence-corrected chi connectivity index (χ3v) is 38.2. The Morgan fingerprint density at radius 2 is 0.776 bits per heavy atom. The van der Waals surface area contributed by atoms with Crippen molar-refractivity contribution < 1.29 is 36.8 Å². The topological polar surface area (TPSA) is 99.3 Å². The van der Waals surface area contributed by atoms with Crippen molar-refractivity contribution >= 4 is 51.0 Å². The fourth-order valence-corrected chi connectivity index (χ4v) is 16.2. The summed E-state index contributed by atoms with van der Waals surface area (Å²) in [5, 5.41) is 11.8. The van der Waals surface area contributed by atoms with Gasteiger partial charge in [-0.05, 0) is 98.2 Å². The number of aliphatic hydroxyl groups excluding tert-OH is 1. The van der Waals surface area contributed by atoms with E-state index in [1.54, 1.807) is 0 Å². The van der Waals surface area contributed by atoms with Crippen LogP contribution in [0, 0.1) is 0 Å². The van der Waals surface area contributed by atoms with E-state index < -0.39 is 40.4 Å². The zero-order valence-corrected chi connectivity index (χ0v) is 50.5. The fourth-order valence-electron chi connectivity index (χ4n) is 8.25. The Bertz CT molecular complexity index is 1950. The van der Waals surface area contributed by atoms with Gasteiger partial charge in [0.15, 0.2) is 33.3 Å². The van der Waals surface area contributed by atoms with Crippen molar-refractivity contribution in [3.05, 3.63) is 84.0 Å². The lowest BCUT2D eigenvalue weighted by Gasteiger charge is -2.48. The summed E-state index contributed by atoms with van der Waals surface area (Å²) in [5.74, 6) is 0. The molecule has 0 aromatic heterocycles. The quantitative estimate of drug-likeness (QED) is 0.0917. The predicted octanol–water partition coefficient (Wildman–Crippen LogP) is 13.5. The average molecular weight is 1010 g/mol. The molecule has 2 spiro atoms. The lowest BCUT2D eigenvalue weighted by molar-refractivity contribution is -0.0175. The van der Waals surface area contributed by atoms with Crippen LogP contribution in [0.1, 0.15) is 109 Å². The number of allylic oxidation sites excluding steroid dienone is 1. The first-order valence-electron chi connectivity index (χ1n) is 25.1. The van der Waals surface area contributed by atoms with E-state index in [-0.39, 0.29) is 62.4 Å². The van der Waals surface area contributed by atoms with Crippen LogP contribution in [-0.4, -0.2) is 100.0 Å². The van der Waals surface area contributed by atoms with Gasteiger partial charge in [0, 0.05) is 16.8 Å². The molecule has 4 fully saturated rings. The van der Waals surface area contributed by atoms with E-state index in [0.717, 1.165) is 42.9 Å². The maximum absolute atomic E-state index is 14.8. The highest BCUT2D eigenvalue weighted by molar-refractivity contribution is 7.78. The normalized spacial score (nSPS) is 26.6. The summed E-state index contributed by atoms with van der Waals surface area (Å²) in [4.78, 5) is 0. The number of epoxide rings is 2. The van der Waals surface area contributed by atoms with Gasteiger partial charge in [-0.1, -0.05) is 167 Å². The van der Waals surface area contributed by atoms with E-state index in [0.29, 0.717) is 12.8 Å². The van der Waals surface area contributed by atoms with Crippen molar-refractivity contribution in [2.45, 2.75) is 217 Å². The number of hydrogen-bond acceptors (Lipinski definition) is 8. The standard InChI is InChI=1S/C33H51O4PSi2.C21H42O4Si2/c1-31(2,3)39(7,8)36-29-23-26(24-30(33(29)25-35-33)37-40(9,10)32(4,5)6)21-22-38(34,27-17-13-11-14-18-27)28-19-15-12-16-20-28;1-19(2,3)26(7,8)24-17-13-16(11-12-22)14-18(21(17)15-23-21)25-27(9,10)20(4,5)6/h11-21,29-30H,22-25H2,1-10H3;11,17-18,22H,12-15H2,1-10H3/t29-,30-,33?;17-,18-,21?/m11/s1. The second-order valence-corrected chi connectivity index (χ2v) is 48.2. The maximum atomic E-state index is 14.8. The highest BCUT2D eigenvalue weighted by Crippen LogP contribution is 2.54. The van der Waals surface area contributed by atoms with E-state index >= 15 is 0 Å². The molecule has 67 heavy (non-hydrogen) atoms. The van der Waals surface area contributed by atoms with E-state index in [4.69, 9.17) is 27.2 Å². The minimum Gasteiger partial charge on any atom is -0.410 e. The van der Waals surface area contributed by atoms with Crippen LogP contribution in [0.2, 0.25) is 72.5 Å². The Labute approximate surface area is 412 Å². The van der Waals surface area contributed by atoms with E-state index in [9.17, 15) is 9.67 Å². The Kier molecular flexibility index (Phi) is 16.9. The number of hydrogen-bond donors (Lipinski definition) is 1. The van der Waals surface area contributed by atoms with Gasteiger partial charge in [0.25, 0.3) is 0 Å².